The summed E-state index contributed by atoms with van der Waals surface area (Å²) in [6.07, 6.45) is 5.48. The number of hydrogen-bond donors (Lipinski definition) is 1. The van der Waals surface area contributed by atoms with Gasteiger partial charge in [0.2, 0.25) is 5.91 Å². The molecule has 1 aliphatic heterocycles. The molecule has 146 valence electrons. The van der Waals surface area contributed by atoms with E-state index in [1.54, 1.807) is 6.92 Å². The van der Waals surface area contributed by atoms with Crippen LogP contribution in [0.15, 0.2) is 12.3 Å². The van der Waals surface area contributed by atoms with E-state index >= 15 is 0 Å². The van der Waals surface area contributed by atoms with E-state index in [1.165, 1.54) is 21.5 Å². The van der Waals surface area contributed by atoms with Crippen LogP contribution in [0.1, 0.15) is 63.1 Å². The van der Waals surface area contributed by atoms with Crippen LogP contribution in [0.5, 0.6) is 0 Å². The van der Waals surface area contributed by atoms with Gasteiger partial charge in [-0.25, -0.2) is 4.79 Å². The minimum absolute atomic E-state index is 0.165. The highest BCUT2D eigenvalue weighted by Crippen LogP contribution is 2.26. The lowest BCUT2D eigenvalue weighted by molar-refractivity contribution is -0.132. The first-order chi connectivity index (χ1) is 12.9. The molecular formula is C20H27N3O3S. The van der Waals surface area contributed by atoms with Crippen LogP contribution in [0, 0.1) is 20.8 Å². The molecule has 6 nitrogen and oxygen atoms in total. The molecular weight excluding hydrogens is 362 g/mol. The number of aromatic nitrogens is 2. The molecule has 2 aromatic heterocycles. The minimum Gasteiger partial charge on any atom is -0.478 e. The van der Waals surface area contributed by atoms with Crippen LogP contribution in [0.2, 0.25) is 0 Å². The summed E-state index contributed by atoms with van der Waals surface area (Å²) in [5.74, 6) is -0.719. The van der Waals surface area contributed by atoms with Crippen LogP contribution in [0.25, 0.3) is 0 Å². The molecule has 1 saturated heterocycles. The monoisotopic (exact) mass is 389 g/mol. The summed E-state index contributed by atoms with van der Waals surface area (Å²) in [5, 5.41) is 13.4. The van der Waals surface area contributed by atoms with Crippen molar-refractivity contribution in [2.24, 2.45) is 0 Å². The Bertz CT molecular complexity index is 832. The number of likely N-dealkylation sites (tertiary alicyclic amines) is 1. The van der Waals surface area contributed by atoms with E-state index in [0.29, 0.717) is 25.2 Å². The molecule has 7 heteroatoms. The molecule has 0 aliphatic carbocycles. The molecule has 1 N–H and O–H groups in total. The minimum atomic E-state index is -0.942. The Hall–Kier alpha value is -2.15. The Morgan fingerprint density at radius 2 is 1.96 bits per heavy atom. The third-order valence-electron chi connectivity index (χ3n) is 5.42. The summed E-state index contributed by atoms with van der Waals surface area (Å²) in [4.78, 5) is 28.3. The van der Waals surface area contributed by atoms with Crippen LogP contribution < -0.4 is 0 Å². The van der Waals surface area contributed by atoms with Gasteiger partial charge in [0.1, 0.15) is 5.56 Å². The fraction of sp³-hybridized carbons (Fsp3) is 0.550. The number of aryl methyl sites for hydroxylation is 3. The lowest BCUT2D eigenvalue weighted by atomic mass is 10.0. The molecule has 0 atom stereocenters. The zero-order valence-electron chi connectivity index (χ0n) is 16.2. The van der Waals surface area contributed by atoms with E-state index in [0.717, 1.165) is 25.7 Å². The molecule has 0 saturated carbocycles. The number of carboxylic acid groups (broad SMARTS) is 1. The average molecular weight is 390 g/mol. The molecule has 0 radical (unpaired) electrons. The number of thiophene rings is 1. The number of piperidine rings is 1. The third kappa shape index (κ3) is 4.40. The van der Waals surface area contributed by atoms with Crippen molar-refractivity contribution >= 4 is 23.2 Å². The second-order valence-electron chi connectivity index (χ2n) is 7.30. The fourth-order valence-corrected chi connectivity index (χ4v) is 4.86. The first-order valence-corrected chi connectivity index (χ1v) is 10.3. The number of aromatic carboxylic acids is 1. The number of carbonyl (C=O) groups is 2. The molecule has 1 aliphatic rings. The molecule has 27 heavy (non-hydrogen) atoms. The highest BCUT2D eigenvalue weighted by molar-refractivity contribution is 7.12. The Morgan fingerprint density at radius 1 is 1.26 bits per heavy atom. The number of carboxylic acids is 1. The van der Waals surface area contributed by atoms with Gasteiger partial charge >= 0.3 is 5.97 Å². The second-order valence-corrected chi connectivity index (χ2v) is 8.76. The van der Waals surface area contributed by atoms with Gasteiger partial charge in [-0.15, -0.1) is 11.3 Å². The molecule has 0 unspecified atom stereocenters. The van der Waals surface area contributed by atoms with Gasteiger partial charge in [-0.3, -0.25) is 9.48 Å². The molecule has 0 bridgehead atoms. The second kappa shape index (κ2) is 8.25. The highest BCUT2D eigenvalue weighted by Gasteiger charge is 2.26. The van der Waals surface area contributed by atoms with E-state index in [4.69, 9.17) is 5.11 Å². The van der Waals surface area contributed by atoms with Crippen LogP contribution in [0.3, 0.4) is 0 Å². The van der Waals surface area contributed by atoms with E-state index in [1.807, 2.05) is 20.9 Å². The number of nitrogens with zero attached hydrogens (tertiary/aromatic N) is 3. The summed E-state index contributed by atoms with van der Waals surface area (Å²) < 4.78 is 1.81. The molecule has 0 spiro atoms. The number of carbonyl (C=O) groups excluding carboxylic acids is 1. The van der Waals surface area contributed by atoms with Crippen LogP contribution in [-0.4, -0.2) is 44.8 Å². The van der Waals surface area contributed by atoms with Crippen LogP contribution >= 0.6 is 11.3 Å². The van der Waals surface area contributed by atoms with E-state index < -0.39 is 5.97 Å². The molecule has 3 heterocycles. The molecule has 1 fully saturated rings. The van der Waals surface area contributed by atoms with Gasteiger partial charge in [-0.05, 0) is 58.1 Å². The number of amides is 1. The van der Waals surface area contributed by atoms with Crippen LogP contribution in [0.4, 0.5) is 0 Å². The van der Waals surface area contributed by atoms with Gasteiger partial charge < -0.3 is 10.0 Å². The smallest absolute Gasteiger partial charge is 0.339 e. The summed E-state index contributed by atoms with van der Waals surface area (Å²) in [6.45, 7) is 7.48. The van der Waals surface area contributed by atoms with Gasteiger partial charge in [-0.2, -0.15) is 5.10 Å². The summed E-state index contributed by atoms with van der Waals surface area (Å²) in [6, 6.07) is 2.40. The first-order valence-electron chi connectivity index (χ1n) is 9.48. The van der Waals surface area contributed by atoms with Crippen molar-refractivity contribution in [1.29, 1.82) is 0 Å². The predicted octanol–water partition coefficient (Wildman–Crippen LogP) is 3.75. The van der Waals surface area contributed by atoms with Gasteiger partial charge in [0, 0.05) is 29.3 Å². The zero-order valence-corrected chi connectivity index (χ0v) is 17.0. The van der Waals surface area contributed by atoms with Crippen molar-refractivity contribution in [1.82, 2.24) is 14.7 Å². The van der Waals surface area contributed by atoms with Crippen molar-refractivity contribution in [3.05, 3.63) is 38.8 Å². The van der Waals surface area contributed by atoms with E-state index in [-0.39, 0.29) is 17.5 Å². The van der Waals surface area contributed by atoms with E-state index in [2.05, 4.69) is 25.0 Å². The number of rotatable bonds is 6. The maximum atomic E-state index is 12.5. The average Bonchev–Trinajstić information content (AvgIpc) is 3.17. The van der Waals surface area contributed by atoms with Crippen molar-refractivity contribution in [3.63, 3.8) is 0 Å². The summed E-state index contributed by atoms with van der Waals surface area (Å²) in [5.41, 5.74) is 2.31. The maximum absolute atomic E-state index is 12.5. The molecule has 3 rings (SSSR count). The normalized spacial score (nSPS) is 15.3. The summed E-state index contributed by atoms with van der Waals surface area (Å²) >= 11 is 1.82. The predicted molar refractivity (Wildman–Crippen MR) is 106 cm³/mol. The lowest BCUT2D eigenvalue weighted by Gasteiger charge is -2.32. The van der Waals surface area contributed by atoms with Gasteiger partial charge in [0.25, 0.3) is 0 Å². The Labute approximate surface area is 163 Å². The molecule has 1 amide bonds. The quantitative estimate of drug-likeness (QED) is 0.816. The first kappa shape index (κ1) is 19.6. The number of hydrogen-bond acceptors (Lipinski definition) is 4. The van der Waals surface area contributed by atoms with Crippen molar-refractivity contribution < 1.29 is 14.7 Å². The van der Waals surface area contributed by atoms with Crippen molar-refractivity contribution in [2.45, 2.75) is 58.9 Å². The zero-order chi connectivity index (χ0) is 19.6. The highest BCUT2D eigenvalue weighted by atomic mass is 32.1. The fourth-order valence-electron chi connectivity index (χ4n) is 3.88. The molecule has 2 aromatic rings. The summed E-state index contributed by atoms with van der Waals surface area (Å²) in [7, 11) is 0. The van der Waals surface area contributed by atoms with E-state index in [9.17, 15) is 9.59 Å². The third-order valence-corrected chi connectivity index (χ3v) is 6.43. The lowest BCUT2D eigenvalue weighted by Crippen LogP contribution is -2.39. The largest absolute Gasteiger partial charge is 0.478 e. The Kier molecular flexibility index (Phi) is 5.99. The topological polar surface area (TPSA) is 75.4 Å². The van der Waals surface area contributed by atoms with Crippen LogP contribution in [-0.2, 0) is 11.2 Å². The maximum Gasteiger partial charge on any atom is 0.339 e. The van der Waals surface area contributed by atoms with Gasteiger partial charge in [0.05, 0.1) is 17.9 Å². The van der Waals surface area contributed by atoms with Gasteiger partial charge in [0.15, 0.2) is 0 Å². The SMILES string of the molecule is Cc1cc(CCCC(=O)N2CCC(n3ncc(C(=O)O)c3C)CC2)c(C)s1. The standard InChI is InChI=1S/C20H27N3O3S/c1-13-11-16(15(3)27-13)5-4-6-19(24)22-9-7-17(8-10-22)23-14(2)18(12-21-23)20(25)26/h11-12,17H,4-10H2,1-3H3,(H,25,26). The molecule has 0 aromatic carbocycles. The van der Waals surface area contributed by atoms with Crippen molar-refractivity contribution in [2.75, 3.05) is 13.1 Å². The van der Waals surface area contributed by atoms with Crippen molar-refractivity contribution in [3.8, 4) is 0 Å². The van der Waals surface area contributed by atoms with Gasteiger partial charge in [-0.1, -0.05) is 0 Å². The Balaban J connectivity index is 1.48. The Morgan fingerprint density at radius 3 is 2.52 bits per heavy atom.